The molecule has 1 aliphatic carbocycles. The molecule has 0 saturated heterocycles. The lowest BCUT2D eigenvalue weighted by Gasteiger charge is -2.23. The van der Waals surface area contributed by atoms with Crippen molar-refractivity contribution in [1.82, 2.24) is 4.90 Å². The van der Waals surface area contributed by atoms with E-state index in [9.17, 15) is 4.79 Å². The first kappa shape index (κ1) is 10.6. The summed E-state index contributed by atoms with van der Waals surface area (Å²) in [5, 5.41) is 2.03. The van der Waals surface area contributed by atoms with E-state index in [-0.39, 0.29) is 5.91 Å². The fourth-order valence-electron chi connectivity index (χ4n) is 1.58. The van der Waals surface area contributed by atoms with Crippen LogP contribution in [0.2, 0.25) is 0 Å². The Bertz CT molecular complexity index is 343. The van der Waals surface area contributed by atoms with Gasteiger partial charge in [0.2, 0.25) is 5.91 Å². The van der Waals surface area contributed by atoms with E-state index in [1.807, 2.05) is 23.3 Å². The molecule has 0 radical (unpaired) electrons. The van der Waals surface area contributed by atoms with Crippen LogP contribution in [0.25, 0.3) is 0 Å². The van der Waals surface area contributed by atoms with Crippen LogP contribution in [0.3, 0.4) is 0 Å². The summed E-state index contributed by atoms with van der Waals surface area (Å²) in [6, 6.07) is 4.06. The van der Waals surface area contributed by atoms with Crippen molar-refractivity contribution in [2.24, 2.45) is 5.73 Å². The summed E-state index contributed by atoms with van der Waals surface area (Å²) in [5.41, 5.74) is 5.37. The second-order valence-electron chi connectivity index (χ2n) is 4.05. The van der Waals surface area contributed by atoms with Gasteiger partial charge in [-0.15, -0.1) is 11.3 Å². The highest BCUT2D eigenvalue weighted by atomic mass is 32.1. The maximum atomic E-state index is 12.0. The molecule has 1 fully saturated rings. The van der Waals surface area contributed by atoms with Crippen molar-refractivity contribution in [2.75, 3.05) is 6.54 Å². The third-order valence-corrected chi connectivity index (χ3v) is 3.67. The summed E-state index contributed by atoms with van der Waals surface area (Å²) in [6.07, 6.45) is 1.68. The SMILES string of the molecule is CCN(Cc1cccs1)C(=O)C1(N)CC1. The normalized spacial score (nSPS) is 17.5. The second kappa shape index (κ2) is 3.94. The minimum absolute atomic E-state index is 0.110. The molecule has 1 amide bonds. The van der Waals surface area contributed by atoms with Crippen LogP contribution < -0.4 is 5.73 Å². The average molecular weight is 224 g/mol. The molecule has 1 aromatic rings. The van der Waals surface area contributed by atoms with Crippen LogP contribution in [-0.2, 0) is 11.3 Å². The molecule has 0 unspecified atom stereocenters. The van der Waals surface area contributed by atoms with E-state index in [2.05, 4.69) is 6.07 Å². The predicted molar refractivity (Wildman–Crippen MR) is 61.6 cm³/mol. The van der Waals surface area contributed by atoms with Gasteiger partial charge in [0.25, 0.3) is 0 Å². The number of hydrogen-bond donors (Lipinski definition) is 1. The summed E-state index contributed by atoms with van der Waals surface area (Å²) in [5.74, 6) is 0.110. The lowest BCUT2D eigenvalue weighted by Crippen LogP contribution is -2.45. The Morgan fingerprint density at radius 2 is 2.40 bits per heavy atom. The first-order chi connectivity index (χ1) is 7.15. The van der Waals surface area contributed by atoms with Gasteiger partial charge in [0.05, 0.1) is 12.1 Å². The second-order valence-corrected chi connectivity index (χ2v) is 5.09. The van der Waals surface area contributed by atoms with E-state index in [4.69, 9.17) is 5.73 Å². The number of likely N-dealkylation sites (N-methyl/N-ethyl adjacent to an activating group) is 1. The van der Waals surface area contributed by atoms with Gasteiger partial charge in [0.15, 0.2) is 0 Å². The van der Waals surface area contributed by atoms with Gasteiger partial charge < -0.3 is 10.6 Å². The summed E-state index contributed by atoms with van der Waals surface area (Å²) < 4.78 is 0. The molecule has 0 spiro atoms. The molecule has 1 saturated carbocycles. The van der Waals surface area contributed by atoms with Crippen LogP contribution in [0.4, 0.5) is 0 Å². The molecule has 82 valence electrons. The molecule has 0 atom stereocenters. The van der Waals surface area contributed by atoms with Crippen LogP contribution in [0.5, 0.6) is 0 Å². The summed E-state index contributed by atoms with van der Waals surface area (Å²) in [6.45, 7) is 3.43. The van der Waals surface area contributed by atoms with Crippen molar-refractivity contribution < 1.29 is 4.79 Å². The number of rotatable bonds is 4. The maximum absolute atomic E-state index is 12.0. The largest absolute Gasteiger partial charge is 0.336 e. The topological polar surface area (TPSA) is 46.3 Å². The van der Waals surface area contributed by atoms with Gasteiger partial charge in [-0.1, -0.05) is 6.07 Å². The monoisotopic (exact) mass is 224 g/mol. The van der Waals surface area contributed by atoms with Gasteiger partial charge >= 0.3 is 0 Å². The number of nitrogens with zero attached hydrogens (tertiary/aromatic N) is 1. The Hall–Kier alpha value is -0.870. The van der Waals surface area contributed by atoms with Crippen molar-refractivity contribution in [3.63, 3.8) is 0 Å². The molecular formula is C11H16N2OS. The van der Waals surface area contributed by atoms with Gasteiger partial charge in [0.1, 0.15) is 0 Å². The van der Waals surface area contributed by atoms with Crippen molar-refractivity contribution in [1.29, 1.82) is 0 Å². The third-order valence-electron chi connectivity index (χ3n) is 2.81. The summed E-state index contributed by atoms with van der Waals surface area (Å²) in [4.78, 5) is 15.1. The van der Waals surface area contributed by atoms with Crippen LogP contribution in [0, 0.1) is 0 Å². The molecule has 0 aromatic carbocycles. The molecule has 1 aliphatic rings. The molecule has 2 rings (SSSR count). The van der Waals surface area contributed by atoms with Gasteiger partial charge in [-0.3, -0.25) is 4.79 Å². The maximum Gasteiger partial charge on any atom is 0.242 e. The van der Waals surface area contributed by atoms with Crippen LogP contribution >= 0.6 is 11.3 Å². The number of carbonyl (C=O) groups excluding carboxylic acids is 1. The van der Waals surface area contributed by atoms with Gasteiger partial charge in [-0.05, 0) is 31.2 Å². The lowest BCUT2D eigenvalue weighted by atomic mass is 10.2. The molecule has 4 heteroatoms. The van der Waals surface area contributed by atoms with E-state index >= 15 is 0 Å². The van der Waals surface area contributed by atoms with E-state index in [1.165, 1.54) is 4.88 Å². The van der Waals surface area contributed by atoms with Crippen LogP contribution in [0.1, 0.15) is 24.6 Å². The van der Waals surface area contributed by atoms with Gasteiger partial charge in [-0.2, -0.15) is 0 Å². The fraction of sp³-hybridized carbons (Fsp3) is 0.545. The Balaban J connectivity index is 2.01. The first-order valence-corrected chi connectivity index (χ1v) is 6.14. The fourth-order valence-corrected chi connectivity index (χ4v) is 2.30. The van der Waals surface area contributed by atoms with Crippen molar-refractivity contribution in [3.05, 3.63) is 22.4 Å². The van der Waals surface area contributed by atoms with Crippen molar-refractivity contribution in [2.45, 2.75) is 31.8 Å². The standard InChI is InChI=1S/C11H16N2OS/c1-2-13(8-9-4-3-7-15-9)10(14)11(12)5-6-11/h3-4,7H,2,5-6,8,12H2,1H3. The van der Waals surface area contributed by atoms with E-state index in [1.54, 1.807) is 11.3 Å². The van der Waals surface area contributed by atoms with E-state index in [0.29, 0.717) is 6.54 Å². The molecule has 0 aliphatic heterocycles. The molecule has 2 N–H and O–H groups in total. The zero-order valence-corrected chi connectivity index (χ0v) is 9.72. The van der Waals surface area contributed by atoms with E-state index in [0.717, 1.165) is 19.4 Å². The predicted octanol–water partition coefficient (Wildman–Crippen LogP) is 1.59. The van der Waals surface area contributed by atoms with Gasteiger partial charge in [0, 0.05) is 11.4 Å². The Morgan fingerprint density at radius 3 is 2.87 bits per heavy atom. The smallest absolute Gasteiger partial charge is 0.242 e. The molecule has 15 heavy (non-hydrogen) atoms. The highest BCUT2D eigenvalue weighted by Gasteiger charge is 2.47. The van der Waals surface area contributed by atoms with Crippen molar-refractivity contribution in [3.8, 4) is 0 Å². The Labute approximate surface area is 93.9 Å². The zero-order valence-electron chi connectivity index (χ0n) is 8.90. The lowest BCUT2D eigenvalue weighted by molar-refractivity contribution is -0.134. The summed E-state index contributed by atoms with van der Waals surface area (Å²) >= 11 is 1.68. The number of nitrogens with two attached hydrogens (primary N) is 1. The number of thiophene rings is 1. The third kappa shape index (κ3) is 2.21. The highest BCUT2D eigenvalue weighted by molar-refractivity contribution is 7.09. The zero-order chi connectivity index (χ0) is 10.9. The first-order valence-electron chi connectivity index (χ1n) is 5.26. The Morgan fingerprint density at radius 1 is 1.67 bits per heavy atom. The van der Waals surface area contributed by atoms with E-state index < -0.39 is 5.54 Å². The average Bonchev–Trinajstić information content (AvgIpc) is 2.80. The minimum atomic E-state index is -0.534. The quantitative estimate of drug-likeness (QED) is 0.844. The molecule has 1 aromatic heterocycles. The molecular weight excluding hydrogens is 208 g/mol. The Kier molecular flexibility index (Phi) is 2.80. The number of hydrogen-bond acceptors (Lipinski definition) is 3. The van der Waals surface area contributed by atoms with Crippen molar-refractivity contribution >= 4 is 17.2 Å². The minimum Gasteiger partial charge on any atom is -0.336 e. The molecule has 1 heterocycles. The van der Waals surface area contributed by atoms with Crippen LogP contribution in [-0.4, -0.2) is 22.9 Å². The molecule has 0 bridgehead atoms. The number of amides is 1. The van der Waals surface area contributed by atoms with Crippen LogP contribution in [0.15, 0.2) is 17.5 Å². The highest BCUT2D eigenvalue weighted by Crippen LogP contribution is 2.34. The van der Waals surface area contributed by atoms with Gasteiger partial charge in [-0.25, -0.2) is 0 Å². The number of carbonyl (C=O) groups is 1. The summed E-state index contributed by atoms with van der Waals surface area (Å²) in [7, 11) is 0. The molecule has 3 nitrogen and oxygen atoms in total.